The maximum Gasteiger partial charge on any atom is 0.0607 e. The number of nitrogens with one attached hydrogen (secondary N) is 1. The molecule has 1 N–H and O–H groups in total. The molecule has 1 aliphatic heterocycles. The van der Waals surface area contributed by atoms with E-state index in [4.69, 9.17) is 4.98 Å². The van der Waals surface area contributed by atoms with E-state index < -0.39 is 0 Å². The molecule has 3 heteroatoms. The van der Waals surface area contributed by atoms with Crippen LogP contribution in [-0.2, 0) is 25.8 Å². The van der Waals surface area contributed by atoms with Gasteiger partial charge in [-0.1, -0.05) is 44.0 Å². The van der Waals surface area contributed by atoms with Crippen LogP contribution in [0.25, 0.3) is 0 Å². The van der Waals surface area contributed by atoms with Crippen molar-refractivity contribution in [2.24, 2.45) is 11.8 Å². The highest BCUT2D eigenvalue weighted by Gasteiger charge is 2.29. The van der Waals surface area contributed by atoms with E-state index in [1.165, 1.54) is 74.6 Å². The van der Waals surface area contributed by atoms with Gasteiger partial charge in [0.05, 0.1) is 11.7 Å². The Hall–Kier alpha value is -1.71. The molecule has 166 valence electrons. The van der Waals surface area contributed by atoms with E-state index in [9.17, 15) is 0 Å². The zero-order valence-corrected chi connectivity index (χ0v) is 19.4. The van der Waals surface area contributed by atoms with E-state index in [0.29, 0.717) is 12.1 Å². The second kappa shape index (κ2) is 9.42. The number of hydrogen-bond donors (Lipinski definition) is 1. The lowest BCUT2D eigenvalue weighted by atomic mass is 9.78. The molecule has 0 radical (unpaired) electrons. The minimum Gasteiger partial charge on any atom is -0.308 e. The minimum atomic E-state index is 0.465. The third-order valence-electron chi connectivity index (χ3n) is 8.25. The van der Waals surface area contributed by atoms with Crippen LogP contribution in [0.15, 0.2) is 36.5 Å². The molecule has 5 rings (SSSR count). The molecule has 0 saturated heterocycles. The largest absolute Gasteiger partial charge is 0.308 e. The monoisotopic (exact) mass is 417 g/mol. The normalized spacial score (nSPS) is 28.2. The molecular weight excluding hydrogens is 378 g/mol. The zero-order valence-electron chi connectivity index (χ0n) is 19.4. The molecule has 1 saturated carbocycles. The summed E-state index contributed by atoms with van der Waals surface area (Å²) in [6.07, 6.45) is 13.8. The summed E-state index contributed by atoms with van der Waals surface area (Å²) in [4.78, 5) is 7.34. The summed E-state index contributed by atoms with van der Waals surface area (Å²) in [5, 5.41) is 3.84. The first kappa shape index (κ1) is 21.2. The lowest BCUT2D eigenvalue weighted by Gasteiger charge is -2.37. The zero-order chi connectivity index (χ0) is 21.2. The molecule has 1 aromatic heterocycles. The summed E-state index contributed by atoms with van der Waals surface area (Å²) in [6.45, 7) is 4.53. The molecule has 0 spiro atoms. The van der Waals surface area contributed by atoms with Crippen molar-refractivity contribution < 1.29 is 0 Å². The Morgan fingerprint density at radius 1 is 1.03 bits per heavy atom. The fourth-order valence-corrected chi connectivity index (χ4v) is 6.34. The van der Waals surface area contributed by atoms with Crippen LogP contribution in [0.5, 0.6) is 0 Å². The van der Waals surface area contributed by atoms with Crippen LogP contribution in [0.3, 0.4) is 0 Å². The van der Waals surface area contributed by atoms with Gasteiger partial charge in [0.25, 0.3) is 0 Å². The van der Waals surface area contributed by atoms with Crippen LogP contribution in [0.2, 0.25) is 0 Å². The average Bonchev–Trinajstić information content (AvgIpc) is 2.80. The van der Waals surface area contributed by atoms with E-state index in [1.54, 1.807) is 11.1 Å². The maximum atomic E-state index is 4.77. The Bertz CT molecular complexity index is 884. The van der Waals surface area contributed by atoms with Crippen molar-refractivity contribution in [2.45, 2.75) is 83.3 Å². The summed E-state index contributed by atoms with van der Waals surface area (Å²) in [6, 6.07) is 12.4. The van der Waals surface area contributed by atoms with Gasteiger partial charge in [0.15, 0.2) is 0 Å². The van der Waals surface area contributed by atoms with Gasteiger partial charge in [-0.2, -0.15) is 0 Å². The third-order valence-corrected chi connectivity index (χ3v) is 8.25. The third kappa shape index (κ3) is 4.73. The van der Waals surface area contributed by atoms with Crippen molar-refractivity contribution in [2.75, 3.05) is 13.6 Å². The molecule has 0 bridgehead atoms. The number of rotatable bonds is 5. The van der Waals surface area contributed by atoms with Crippen molar-refractivity contribution in [3.8, 4) is 0 Å². The van der Waals surface area contributed by atoms with Gasteiger partial charge in [-0.3, -0.25) is 9.88 Å². The maximum absolute atomic E-state index is 4.77. The molecule has 3 aliphatic rings. The van der Waals surface area contributed by atoms with Crippen LogP contribution in [-0.4, -0.2) is 29.5 Å². The number of aromatic nitrogens is 1. The summed E-state index contributed by atoms with van der Waals surface area (Å²) in [7, 11) is 2.31. The van der Waals surface area contributed by atoms with Gasteiger partial charge in [0.2, 0.25) is 0 Å². The molecule has 2 aromatic rings. The summed E-state index contributed by atoms with van der Waals surface area (Å²) in [5.74, 6) is 1.83. The molecule has 1 fully saturated rings. The Morgan fingerprint density at radius 3 is 2.74 bits per heavy atom. The number of hydrogen-bond acceptors (Lipinski definition) is 3. The van der Waals surface area contributed by atoms with Crippen molar-refractivity contribution >= 4 is 0 Å². The Labute approximate surface area is 188 Å². The molecule has 31 heavy (non-hydrogen) atoms. The number of likely N-dealkylation sites (N-methyl/N-ethyl adjacent to an activating group) is 1. The van der Waals surface area contributed by atoms with Crippen LogP contribution >= 0.6 is 0 Å². The van der Waals surface area contributed by atoms with Gasteiger partial charge >= 0.3 is 0 Å². The first-order chi connectivity index (χ1) is 15.2. The second-order valence-electron chi connectivity index (χ2n) is 10.6. The van der Waals surface area contributed by atoms with Gasteiger partial charge in [0.1, 0.15) is 0 Å². The van der Waals surface area contributed by atoms with Crippen molar-refractivity contribution in [1.29, 1.82) is 0 Å². The van der Waals surface area contributed by atoms with Gasteiger partial charge < -0.3 is 5.32 Å². The van der Waals surface area contributed by atoms with Crippen LogP contribution in [0, 0.1) is 11.8 Å². The van der Waals surface area contributed by atoms with Crippen molar-refractivity contribution in [3.05, 3.63) is 64.5 Å². The number of pyridine rings is 1. The van der Waals surface area contributed by atoms with Crippen molar-refractivity contribution in [3.63, 3.8) is 0 Å². The Balaban J connectivity index is 1.26. The van der Waals surface area contributed by atoms with Crippen LogP contribution < -0.4 is 5.32 Å². The molecule has 2 heterocycles. The molecule has 2 atom stereocenters. The van der Waals surface area contributed by atoms with Crippen LogP contribution in [0.1, 0.15) is 79.4 Å². The lowest BCUT2D eigenvalue weighted by Crippen LogP contribution is -2.45. The molecule has 0 unspecified atom stereocenters. The predicted molar refractivity (Wildman–Crippen MR) is 128 cm³/mol. The topological polar surface area (TPSA) is 28.2 Å². The van der Waals surface area contributed by atoms with E-state index in [2.05, 4.69) is 54.5 Å². The summed E-state index contributed by atoms with van der Waals surface area (Å²) < 4.78 is 0. The Kier molecular flexibility index (Phi) is 6.43. The van der Waals surface area contributed by atoms with Crippen molar-refractivity contribution in [1.82, 2.24) is 15.2 Å². The van der Waals surface area contributed by atoms with Gasteiger partial charge in [-0.15, -0.1) is 0 Å². The number of aryl methyl sites for hydroxylation is 1. The highest BCUT2D eigenvalue weighted by molar-refractivity contribution is 5.38. The molecular formula is C28H39N3. The molecule has 1 aromatic carbocycles. The van der Waals surface area contributed by atoms with E-state index in [-0.39, 0.29) is 0 Å². The fraction of sp³-hybridized carbons (Fsp3) is 0.607. The van der Waals surface area contributed by atoms with E-state index >= 15 is 0 Å². The SMILES string of the molecule is CC1CCC(Cc2cccc3c2C[C@H](CN(C)[C@H]2CCCc4cccnc42)NC3)CC1. The van der Waals surface area contributed by atoms with Gasteiger partial charge in [-0.25, -0.2) is 0 Å². The van der Waals surface area contributed by atoms with Gasteiger partial charge in [0, 0.05) is 25.3 Å². The number of nitrogens with zero attached hydrogens (tertiary/aromatic N) is 2. The quantitative estimate of drug-likeness (QED) is 0.699. The van der Waals surface area contributed by atoms with E-state index in [0.717, 1.165) is 24.9 Å². The lowest BCUT2D eigenvalue weighted by molar-refractivity contribution is 0.190. The van der Waals surface area contributed by atoms with Gasteiger partial charge in [-0.05, 0) is 92.1 Å². The molecule has 2 aliphatic carbocycles. The number of fused-ring (bicyclic) bond motifs is 2. The van der Waals surface area contributed by atoms with E-state index in [1.807, 2.05) is 6.20 Å². The average molecular weight is 418 g/mol. The predicted octanol–water partition coefficient (Wildman–Crippen LogP) is 5.47. The Morgan fingerprint density at radius 2 is 1.87 bits per heavy atom. The highest BCUT2D eigenvalue weighted by Crippen LogP contribution is 2.34. The first-order valence-corrected chi connectivity index (χ1v) is 12.6. The first-order valence-electron chi connectivity index (χ1n) is 12.6. The standard InChI is InChI=1S/C28H39N3/c1-20-11-13-21(14-12-20)16-23-7-3-8-24-18-30-25(17-26(23)24)19-31(2)27-10-4-6-22-9-5-15-29-28(22)27/h3,5,7-9,15,20-21,25,27,30H,4,6,10-14,16-19H2,1-2H3/t20?,21?,25-,27+/m1/s1. The molecule has 3 nitrogen and oxygen atoms in total. The smallest absolute Gasteiger partial charge is 0.0607 e. The molecule has 0 amide bonds. The number of benzene rings is 1. The minimum absolute atomic E-state index is 0.465. The summed E-state index contributed by atoms with van der Waals surface area (Å²) in [5.41, 5.74) is 7.60. The summed E-state index contributed by atoms with van der Waals surface area (Å²) >= 11 is 0. The highest BCUT2D eigenvalue weighted by atomic mass is 15.2. The second-order valence-corrected chi connectivity index (χ2v) is 10.6. The van der Waals surface area contributed by atoms with Crippen LogP contribution in [0.4, 0.5) is 0 Å². The fourth-order valence-electron chi connectivity index (χ4n) is 6.34.